The van der Waals surface area contributed by atoms with Gasteiger partial charge in [-0.1, -0.05) is 0 Å². The zero-order valence-corrected chi connectivity index (χ0v) is 10.5. The molecule has 2 aromatic carbocycles. The van der Waals surface area contributed by atoms with Gasteiger partial charge >= 0.3 is 0 Å². The Balaban J connectivity index is 2.53. The number of hydrogen-bond acceptors (Lipinski definition) is 2. The van der Waals surface area contributed by atoms with Gasteiger partial charge in [0.05, 0.1) is 23.3 Å². The topological polar surface area (TPSA) is 52.5 Å². The fourth-order valence-electron chi connectivity index (χ4n) is 2.58. The van der Waals surface area contributed by atoms with Crippen molar-refractivity contribution < 1.29 is 0 Å². The van der Waals surface area contributed by atoms with Crippen LogP contribution in [0.25, 0.3) is 21.8 Å². The van der Waals surface area contributed by atoms with E-state index < -0.39 is 0 Å². The molecule has 0 bridgehead atoms. The van der Waals surface area contributed by atoms with Crippen molar-refractivity contribution in [3.8, 4) is 12.1 Å². The normalized spacial score (nSPS) is 10.5. The maximum atomic E-state index is 9.02. The van der Waals surface area contributed by atoms with Crippen molar-refractivity contribution in [2.24, 2.45) is 0 Å². The Labute approximate surface area is 110 Å². The number of aromatic nitrogens is 1. The first-order chi connectivity index (χ1) is 9.28. The average Bonchev–Trinajstić information content (AvgIpc) is 2.79. The summed E-state index contributed by atoms with van der Waals surface area (Å²) in [6.07, 6.45) is 0. The molecule has 0 amide bonds. The van der Waals surface area contributed by atoms with Gasteiger partial charge in [0.25, 0.3) is 0 Å². The second kappa shape index (κ2) is 4.15. The standard InChI is InChI=1S/C16H11N3/c1-2-19-15-5-3-11(9-17)7-13(15)14-8-12(10-18)4-6-16(14)19/h3-8H,2H2,1H3. The molecular weight excluding hydrogens is 234 g/mol. The van der Waals surface area contributed by atoms with Gasteiger partial charge in [0.2, 0.25) is 0 Å². The van der Waals surface area contributed by atoms with E-state index in [0.29, 0.717) is 11.1 Å². The minimum Gasteiger partial charge on any atom is -0.341 e. The third-order valence-electron chi connectivity index (χ3n) is 3.44. The number of fused-ring (bicyclic) bond motifs is 3. The average molecular weight is 245 g/mol. The lowest BCUT2D eigenvalue weighted by Crippen LogP contribution is -1.92. The molecule has 0 fully saturated rings. The van der Waals surface area contributed by atoms with Crippen LogP contribution in [0.4, 0.5) is 0 Å². The van der Waals surface area contributed by atoms with Gasteiger partial charge in [0.1, 0.15) is 0 Å². The highest BCUT2D eigenvalue weighted by molar-refractivity contribution is 6.08. The molecular formula is C16H11N3. The molecule has 3 heteroatoms. The number of benzene rings is 2. The quantitative estimate of drug-likeness (QED) is 0.658. The largest absolute Gasteiger partial charge is 0.341 e. The molecule has 0 radical (unpaired) electrons. The Morgan fingerprint density at radius 2 is 1.37 bits per heavy atom. The van der Waals surface area contributed by atoms with E-state index in [4.69, 9.17) is 10.5 Å². The van der Waals surface area contributed by atoms with Crippen molar-refractivity contribution in [2.45, 2.75) is 13.5 Å². The third kappa shape index (κ3) is 1.57. The molecule has 1 heterocycles. The summed E-state index contributed by atoms with van der Waals surface area (Å²) in [7, 11) is 0. The van der Waals surface area contributed by atoms with Crippen molar-refractivity contribution in [1.29, 1.82) is 10.5 Å². The summed E-state index contributed by atoms with van der Waals surface area (Å²) >= 11 is 0. The molecule has 0 unspecified atom stereocenters. The summed E-state index contributed by atoms with van der Waals surface area (Å²) in [5.74, 6) is 0. The number of rotatable bonds is 1. The molecule has 0 aliphatic rings. The predicted molar refractivity (Wildman–Crippen MR) is 74.5 cm³/mol. The molecule has 19 heavy (non-hydrogen) atoms. The molecule has 0 atom stereocenters. The van der Waals surface area contributed by atoms with Gasteiger partial charge in [-0.25, -0.2) is 0 Å². The van der Waals surface area contributed by atoms with Crippen LogP contribution >= 0.6 is 0 Å². The Hall–Kier alpha value is -2.78. The zero-order valence-electron chi connectivity index (χ0n) is 10.5. The van der Waals surface area contributed by atoms with Crippen LogP contribution < -0.4 is 0 Å². The van der Waals surface area contributed by atoms with Crippen LogP contribution in [0.5, 0.6) is 0 Å². The van der Waals surface area contributed by atoms with E-state index in [1.807, 2.05) is 36.4 Å². The third-order valence-corrected chi connectivity index (χ3v) is 3.44. The predicted octanol–water partition coefficient (Wildman–Crippen LogP) is 3.56. The van der Waals surface area contributed by atoms with Gasteiger partial charge in [-0.2, -0.15) is 10.5 Å². The Morgan fingerprint density at radius 3 is 1.74 bits per heavy atom. The van der Waals surface area contributed by atoms with Crippen LogP contribution in [0, 0.1) is 22.7 Å². The minimum atomic E-state index is 0.644. The van der Waals surface area contributed by atoms with E-state index in [9.17, 15) is 0 Å². The maximum Gasteiger partial charge on any atom is 0.0991 e. The summed E-state index contributed by atoms with van der Waals surface area (Å²) in [5.41, 5.74) is 3.49. The van der Waals surface area contributed by atoms with E-state index in [2.05, 4.69) is 23.6 Å². The summed E-state index contributed by atoms with van der Waals surface area (Å²) in [5, 5.41) is 20.1. The lowest BCUT2D eigenvalue weighted by atomic mass is 10.1. The molecule has 0 aliphatic carbocycles. The highest BCUT2D eigenvalue weighted by Gasteiger charge is 2.10. The van der Waals surface area contributed by atoms with Crippen LogP contribution in [0.3, 0.4) is 0 Å². The van der Waals surface area contributed by atoms with Crippen LogP contribution in [-0.2, 0) is 6.54 Å². The first-order valence-corrected chi connectivity index (χ1v) is 6.14. The minimum absolute atomic E-state index is 0.644. The highest BCUT2D eigenvalue weighted by atomic mass is 15.0. The lowest BCUT2D eigenvalue weighted by Gasteiger charge is -2.02. The molecule has 3 rings (SSSR count). The summed E-state index contributed by atoms with van der Waals surface area (Å²) in [6, 6.07) is 15.7. The molecule has 0 aliphatic heterocycles. The number of nitriles is 2. The van der Waals surface area contributed by atoms with Gasteiger partial charge in [-0.3, -0.25) is 0 Å². The van der Waals surface area contributed by atoms with Crippen molar-refractivity contribution in [3.05, 3.63) is 47.5 Å². The smallest absolute Gasteiger partial charge is 0.0991 e. The van der Waals surface area contributed by atoms with E-state index in [1.54, 1.807) is 0 Å². The number of nitrogens with zero attached hydrogens (tertiary/aromatic N) is 3. The molecule has 3 aromatic rings. The second-order valence-corrected chi connectivity index (χ2v) is 4.43. The van der Waals surface area contributed by atoms with Crippen molar-refractivity contribution >= 4 is 21.8 Å². The number of aryl methyl sites for hydroxylation is 1. The van der Waals surface area contributed by atoms with Crippen LogP contribution in [-0.4, -0.2) is 4.57 Å². The SMILES string of the molecule is CCn1c2ccc(C#N)cc2c2cc(C#N)ccc21. The van der Waals surface area contributed by atoms with E-state index in [-0.39, 0.29) is 0 Å². The fraction of sp³-hybridized carbons (Fsp3) is 0.125. The second-order valence-electron chi connectivity index (χ2n) is 4.43. The first-order valence-electron chi connectivity index (χ1n) is 6.14. The van der Waals surface area contributed by atoms with Gasteiger partial charge in [0, 0.05) is 28.4 Å². The Kier molecular flexibility index (Phi) is 2.47. The van der Waals surface area contributed by atoms with Crippen molar-refractivity contribution in [1.82, 2.24) is 4.57 Å². The molecule has 0 N–H and O–H groups in total. The van der Waals surface area contributed by atoms with Crippen LogP contribution in [0.2, 0.25) is 0 Å². The molecule has 0 saturated heterocycles. The molecule has 0 saturated carbocycles. The monoisotopic (exact) mass is 245 g/mol. The van der Waals surface area contributed by atoms with Crippen molar-refractivity contribution in [3.63, 3.8) is 0 Å². The van der Waals surface area contributed by atoms with E-state index >= 15 is 0 Å². The van der Waals surface area contributed by atoms with E-state index in [1.165, 1.54) is 0 Å². The van der Waals surface area contributed by atoms with Crippen LogP contribution in [0.15, 0.2) is 36.4 Å². The first kappa shape index (κ1) is 11.3. The highest BCUT2D eigenvalue weighted by Crippen LogP contribution is 2.30. The Bertz CT molecular complexity index is 802. The Morgan fingerprint density at radius 1 is 0.895 bits per heavy atom. The molecule has 0 spiro atoms. The zero-order chi connectivity index (χ0) is 13.4. The summed E-state index contributed by atoms with van der Waals surface area (Å²) in [4.78, 5) is 0. The van der Waals surface area contributed by atoms with Gasteiger partial charge in [-0.15, -0.1) is 0 Å². The van der Waals surface area contributed by atoms with Gasteiger partial charge < -0.3 is 4.57 Å². The van der Waals surface area contributed by atoms with Crippen LogP contribution in [0.1, 0.15) is 18.1 Å². The molecule has 3 nitrogen and oxygen atoms in total. The molecule has 90 valence electrons. The lowest BCUT2D eigenvalue weighted by molar-refractivity contribution is 0.827. The maximum absolute atomic E-state index is 9.02. The van der Waals surface area contributed by atoms with Crippen molar-refractivity contribution in [2.75, 3.05) is 0 Å². The molecule has 1 aromatic heterocycles. The summed E-state index contributed by atoms with van der Waals surface area (Å²) in [6.45, 7) is 2.95. The van der Waals surface area contributed by atoms with E-state index in [0.717, 1.165) is 28.4 Å². The summed E-state index contributed by atoms with van der Waals surface area (Å²) < 4.78 is 2.20. The fourth-order valence-corrected chi connectivity index (χ4v) is 2.58. The number of hydrogen-bond donors (Lipinski definition) is 0. The van der Waals surface area contributed by atoms with Gasteiger partial charge in [0.15, 0.2) is 0 Å². The van der Waals surface area contributed by atoms with Gasteiger partial charge in [-0.05, 0) is 43.3 Å².